The number of unbranched alkanes of at least 4 members (excludes halogenated alkanes) is 2. The van der Waals surface area contributed by atoms with E-state index >= 15 is 0 Å². The molecule has 0 unspecified atom stereocenters. The van der Waals surface area contributed by atoms with Gasteiger partial charge in [0, 0.05) is 23.1 Å². The summed E-state index contributed by atoms with van der Waals surface area (Å²) in [4.78, 5) is 0. The summed E-state index contributed by atoms with van der Waals surface area (Å²) in [6, 6.07) is 30.2. The summed E-state index contributed by atoms with van der Waals surface area (Å²) < 4.78 is 13.3. The van der Waals surface area contributed by atoms with Crippen molar-refractivity contribution >= 4 is 0 Å². The van der Waals surface area contributed by atoms with Crippen LogP contribution < -0.4 is 9.47 Å². The molecule has 0 bridgehead atoms. The van der Waals surface area contributed by atoms with Crippen LogP contribution in [0.2, 0.25) is 0 Å². The molecule has 2 nitrogen and oxygen atoms in total. The fourth-order valence-electron chi connectivity index (χ4n) is 5.03. The van der Waals surface area contributed by atoms with Crippen LogP contribution in [0.5, 0.6) is 11.5 Å². The van der Waals surface area contributed by atoms with Gasteiger partial charge in [-0.3, -0.25) is 0 Å². The quantitative estimate of drug-likeness (QED) is 0.193. The molecule has 0 heterocycles. The minimum Gasteiger partial charge on any atom is -0.489 e. The highest BCUT2D eigenvalue weighted by Gasteiger charge is 2.32. The van der Waals surface area contributed by atoms with Crippen molar-refractivity contribution in [1.29, 1.82) is 0 Å². The Morgan fingerprint density at radius 1 is 0.571 bits per heavy atom. The van der Waals surface area contributed by atoms with Gasteiger partial charge in [0.05, 0.1) is 13.2 Å². The molecule has 0 aromatic heterocycles. The standard InChI is InChI=1S/C33H34O2/c1-3-5-21-34-32-28-23-26-19-13-14-20-27(26)31(28)29(24-15-9-7-10-16-24)30(25-17-11-8-12-18-25)33(32)35-22-6-4-2/h7-20H,3-6,21-23H2,1-2H3. The minimum atomic E-state index is 0.681. The lowest BCUT2D eigenvalue weighted by Gasteiger charge is -2.25. The van der Waals surface area contributed by atoms with Crippen LogP contribution in [0.25, 0.3) is 33.4 Å². The maximum Gasteiger partial charge on any atom is 0.169 e. The Hall–Kier alpha value is -3.52. The first kappa shape index (κ1) is 23.2. The molecule has 0 spiro atoms. The molecular formula is C33H34O2. The van der Waals surface area contributed by atoms with E-state index in [9.17, 15) is 0 Å². The molecule has 5 rings (SSSR count). The van der Waals surface area contributed by atoms with Gasteiger partial charge >= 0.3 is 0 Å². The average Bonchev–Trinajstić information content (AvgIpc) is 3.29. The molecule has 178 valence electrons. The van der Waals surface area contributed by atoms with Gasteiger partial charge in [0.15, 0.2) is 11.5 Å². The topological polar surface area (TPSA) is 18.5 Å². The van der Waals surface area contributed by atoms with Crippen LogP contribution in [-0.4, -0.2) is 13.2 Å². The van der Waals surface area contributed by atoms with Crippen LogP contribution in [0.4, 0.5) is 0 Å². The van der Waals surface area contributed by atoms with Gasteiger partial charge in [0.1, 0.15) is 0 Å². The minimum absolute atomic E-state index is 0.681. The predicted octanol–water partition coefficient (Wildman–Crippen LogP) is 8.95. The van der Waals surface area contributed by atoms with Crippen molar-refractivity contribution in [3.05, 3.63) is 96.1 Å². The number of benzene rings is 4. The predicted molar refractivity (Wildman–Crippen MR) is 146 cm³/mol. The molecule has 0 amide bonds. The van der Waals surface area contributed by atoms with Crippen LogP contribution in [0.1, 0.15) is 50.7 Å². The van der Waals surface area contributed by atoms with Gasteiger partial charge in [-0.25, -0.2) is 0 Å². The number of fused-ring (bicyclic) bond motifs is 3. The van der Waals surface area contributed by atoms with Gasteiger partial charge in [0.2, 0.25) is 0 Å². The molecule has 0 N–H and O–H groups in total. The normalized spacial score (nSPS) is 11.7. The molecule has 2 heteroatoms. The van der Waals surface area contributed by atoms with Crippen LogP contribution >= 0.6 is 0 Å². The number of rotatable bonds is 10. The SMILES string of the molecule is CCCCOc1c2c(c(-c3ccccc3)c(-c3ccccc3)c1OCCCC)-c1ccccc1C2. The molecule has 0 radical (unpaired) electrons. The average molecular weight is 463 g/mol. The van der Waals surface area contributed by atoms with Crippen LogP contribution in [0.3, 0.4) is 0 Å². The molecular weight excluding hydrogens is 428 g/mol. The fraction of sp³-hybridized carbons (Fsp3) is 0.273. The van der Waals surface area contributed by atoms with Gasteiger partial charge in [-0.1, -0.05) is 112 Å². The summed E-state index contributed by atoms with van der Waals surface area (Å²) in [6.45, 7) is 5.79. The van der Waals surface area contributed by atoms with E-state index in [1.54, 1.807) is 0 Å². The first-order valence-electron chi connectivity index (χ1n) is 13.0. The molecule has 4 aromatic rings. The van der Waals surface area contributed by atoms with E-state index < -0.39 is 0 Å². The molecule has 0 aliphatic heterocycles. The van der Waals surface area contributed by atoms with E-state index in [1.165, 1.54) is 33.4 Å². The second-order valence-electron chi connectivity index (χ2n) is 9.23. The third-order valence-electron chi connectivity index (χ3n) is 6.78. The fourth-order valence-corrected chi connectivity index (χ4v) is 5.03. The smallest absolute Gasteiger partial charge is 0.169 e. The maximum atomic E-state index is 6.66. The maximum absolute atomic E-state index is 6.66. The number of hydrogen-bond donors (Lipinski definition) is 0. The Bertz CT molecular complexity index is 1280. The van der Waals surface area contributed by atoms with Gasteiger partial charge < -0.3 is 9.47 Å². The van der Waals surface area contributed by atoms with E-state index in [-0.39, 0.29) is 0 Å². The van der Waals surface area contributed by atoms with Crippen molar-refractivity contribution in [2.45, 2.75) is 46.0 Å². The summed E-state index contributed by atoms with van der Waals surface area (Å²) in [5.41, 5.74) is 9.95. The highest BCUT2D eigenvalue weighted by molar-refractivity contribution is 6.03. The lowest BCUT2D eigenvalue weighted by atomic mass is 9.85. The molecule has 0 fully saturated rings. The number of hydrogen-bond acceptors (Lipinski definition) is 2. The Morgan fingerprint density at radius 2 is 1.11 bits per heavy atom. The zero-order valence-corrected chi connectivity index (χ0v) is 20.8. The highest BCUT2D eigenvalue weighted by atomic mass is 16.5. The summed E-state index contributed by atoms with van der Waals surface area (Å²) in [5.74, 6) is 1.82. The van der Waals surface area contributed by atoms with Gasteiger partial charge in [-0.15, -0.1) is 0 Å². The number of ether oxygens (including phenoxy) is 2. The lowest BCUT2D eigenvalue weighted by Crippen LogP contribution is -2.07. The van der Waals surface area contributed by atoms with E-state index in [4.69, 9.17) is 9.47 Å². The lowest BCUT2D eigenvalue weighted by molar-refractivity contribution is 0.261. The third-order valence-corrected chi connectivity index (χ3v) is 6.78. The van der Waals surface area contributed by atoms with E-state index in [1.807, 2.05) is 0 Å². The summed E-state index contributed by atoms with van der Waals surface area (Å²) in [7, 11) is 0. The second kappa shape index (κ2) is 10.8. The summed E-state index contributed by atoms with van der Waals surface area (Å²) in [5, 5.41) is 0. The largest absolute Gasteiger partial charge is 0.489 e. The van der Waals surface area contributed by atoms with Crippen molar-refractivity contribution in [2.75, 3.05) is 13.2 Å². The molecule has 1 aliphatic rings. The van der Waals surface area contributed by atoms with E-state index in [2.05, 4.69) is 98.8 Å². The van der Waals surface area contributed by atoms with Crippen LogP contribution in [-0.2, 0) is 6.42 Å². The Balaban J connectivity index is 1.86. The van der Waals surface area contributed by atoms with Gasteiger partial charge in [-0.2, -0.15) is 0 Å². The second-order valence-corrected chi connectivity index (χ2v) is 9.23. The molecule has 0 saturated heterocycles. The van der Waals surface area contributed by atoms with Crippen molar-refractivity contribution in [3.63, 3.8) is 0 Å². The molecule has 4 aromatic carbocycles. The Labute approximate surface area is 209 Å². The summed E-state index contributed by atoms with van der Waals surface area (Å²) in [6.07, 6.45) is 5.10. The van der Waals surface area contributed by atoms with E-state index in [0.29, 0.717) is 13.2 Å². The van der Waals surface area contributed by atoms with Crippen LogP contribution in [0.15, 0.2) is 84.9 Å². The van der Waals surface area contributed by atoms with Crippen LogP contribution in [0, 0.1) is 0 Å². The molecule has 1 aliphatic carbocycles. The molecule has 0 atom stereocenters. The molecule has 35 heavy (non-hydrogen) atoms. The van der Waals surface area contributed by atoms with Gasteiger partial charge in [0.25, 0.3) is 0 Å². The summed E-state index contributed by atoms with van der Waals surface area (Å²) >= 11 is 0. The monoisotopic (exact) mass is 462 g/mol. The first-order valence-corrected chi connectivity index (χ1v) is 13.0. The van der Waals surface area contributed by atoms with Crippen molar-refractivity contribution in [1.82, 2.24) is 0 Å². The van der Waals surface area contributed by atoms with Gasteiger partial charge in [-0.05, 0) is 40.7 Å². The highest BCUT2D eigenvalue weighted by Crippen LogP contribution is 2.56. The Kier molecular flexibility index (Phi) is 7.18. The first-order chi connectivity index (χ1) is 17.3. The Morgan fingerprint density at radius 3 is 1.74 bits per heavy atom. The van der Waals surface area contributed by atoms with E-state index in [0.717, 1.165) is 54.7 Å². The van der Waals surface area contributed by atoms with Crippen molar-refractivity contribution in [3.8, 4) is 44.9 Å². The van der Waals surface area contributed by atoms with Crippen molar-refractivity contribution < 1.29 is 9.47 Å². The van der Waals surface area contributed by atoms with Crippen molar-refractivity contribution in [2.24, 2.45) is 0 Å². The third kappa shape index (κ3) is 4.58. The zero-order chi connectivity index (χ0) is 24.0. The zero-order valence-electron chi connectivity index (χ0n) is 20.8. The molecule has 0 saturated carbocycles.